The molecule has 2 aromatic rings. The Balaban J connectivity index is 1.66. The van der Waals surface area contributed by atoms with Gasteiger partial charge in [-0.1, -0.05) is 13.8 Å². The zero-order valence-electron chi connectivity index (χ0n) is 14.9. The molecule has 0 radical (unpaired) electrons. The number of fused-ring (bicyclic) bond motifs is 1. The van der Waals surface area contributed by atoms with Crippen molar-refractivity contribution in [2.24, 2.45) is 5.92 Å². The van der Waals surface area contributed by atoms with Crippen LogP contribution >= 0.6 is 11.3 Å². The molecular weight excluding hydrogens is 334 g/mol. The number of likely N-dealkylation sites (tertiary alicyclic amines) is 1. The number of aromatic nitrogens is 1. The van der Waals surface area contributed by atoms with Crippen LogP contribution in [0.1, 0.15) is 44.5 Å². The third-order valence-corrected chi connectivity index (χ3v) is 5.77. The summed E-state index contributed by atoms with van der Waals surface area (Å²) in [5.74, 6) is 0.0460. The summed E-state index contributed by atoms with van der Waals surface area (Å²) in [5, 5.41) is 4.13. The van der Waals surface area contributed by atoms with E-state index >= 15 is 0 Å². The van der Waals surface area contributed by atoms with Gasteiger partial charge in [0.2, 0.25) is 11.8 Å². The molecule has 1 saturated heterocycles. The normalized spacial score (nSPS) is 17.7. The van der Waals surface area contributed by atoms with Crippen LogP contribution in [0.25, 0.3) is 10.2 Å². The minimum Gasteiger partial charge on any atom is -0.342 e. The maximum absolute atomic E-state index is 12.6. The van der Waals surface area contributed by atoms with Crippen LogP contribution < -0.4 is 5.32 Å². The molecule has 6 heteroatoms. The Hall–Kier alpha value is -1.95. The first-order valence-electron chi connectivity index (χ1n) is 9.08. The highest BCUT2D eigenvalue weighted by atomic mass is 32.1. The molecule has 25 heavy (non-hydrogen) atoms. The number of amides is 2. The molecule has 5 nitrogen and oxygen atoms in total. The summed E-state index contributed by atoms with van der Waals surface area (Å²) in [6, 6.07) is 5.85. The first-order valence-corrected chi connectivity index (χ1v) is 9.90. The van der Waals surface area contributed by atoms with Gasteiger partial charge < -0.3 is 10.2 Å². The molecule has 1 fully saturated rings. The molecule has 1 aliphatic heterocycles. The average molecular weight is 359 g/mol. The Labute approximate surface area is 152 Å². The van der Waals surface area contributed by atoms with Gasteiger partial charge in [0, 0.05) is 25.2 Å². The Morgan fingerprint density at radius 1 is 1.36 bits per heavy atom. The second-order valence-electron chi connectivity index (χ2n) is 6.56. The minimum atomic E-state index is -0.127. The summed E-state index contributed by atoms with van der Waals surface area (Å²) in [6.07, 6.45) is 4.06. The van der Waals surface area contributed by atoms with Gasteiger partial charge >= 0.3 is 0 Å². The lowest BCUT2D eigenvalue weighted by Crippen LogP contribution is -2.43. The van der Waals surface area contributed by atoms with E-state index in [0.29, 0.717) is 13.0 Å². The second kappa shape index (κ2) is 7.95. The lowest BCUT2D eigenvalue weighted by atomic mass is 9.96. The van der Waals surface area contributed by atoms with E-state index in [0.717, 1.165) is 53.1 Å². The summed E-state index contributed by atoms with van der Waals surface area (Å²) in [6.45, 7) is 5.41. The summed E-state index contributed by atoms with van der Waals surface area (Å²) in [5.41, 5.74) is 1.79. The number of carbonyl (C=O) groups is 2. The fourth-order valence-electron chi connectivity index (χ4n) is 3.24. The molecule has 3 rings (SSSR count). The van der Waals surface area contributed by atoms with E-state index in [9.17, 15) is 9.59 Å². The van der Waals surface area contributed by atoms with Crippen molar-refractivity contribution in [2.45, 2.75) is 46.0 Å². The Morgan fingerprint density at radius 3 is 2.96 bits per heavy atom. The number of hydrogen-bond donors (Lipinski definition) is 1. The summed E-state index contributed by atoms with van der Waals surface area (Å²) >= 11 is 1.67. The average Bonchev–Trinajstić information content (AvgIpc) is 3.04. The number of thiazole rings is 1. The Bertz CT molecular complexity index is 771. The number of benzene rings is 1. The predicted molar refractivity (Wildman–Crippen MR) is 102 cm³/mol. The molecular formula is C19H25N3O2S. The number of aryl methyl sites for hydroxylation is 1. The lowest BCUT2D eigenvalue weighted by Gasteiger charge is -2.32. The lowest BCUT2D eigenvalue weighted by molar-refractivity contribution is -0.134. The highest BCUT2D eigenvalue weighted by Crippen LogP contribution is 2.26. The van der Waals surface area contributed by atoms with Crippen molar-refractivity contribution < 1.29 is 9.59 Å². The van der Waals surface area contributed by atoms with Crippen molar-refractivity contribution in [1.29, 1.82) is 0 Å². The van der Waals surface area contributed by atoms with Gasteiger partial charge in [0.25, 0.3) is 0 Å². The van der Waals surface area contributed by atoms with Crippen LogP contribution in [0, 0.1) is 5.92 Å². The van der Waals surface area contributed by atoms with Crippen LogP contribution in [0.5, 0.6) is 0 Å². The van der Waals surface area contributed by atoms with Gasteiger partial charge in [-0.05, 0) is 43.9 Å². The summed E-state index contributed by atoms with van der Waals surface area (Å²) in [7, 11) is 0. The molecule has 134 valence electrons. The first kappa shape index (κ1) is 17.9. The van der Waals surface area contributed by atoms with E-state index in [1.807, 2.05) is 30.0 Å². The Morgan fingerprint density at radius 2 is 2.20 bits per heavy atom. The summed E-state index contributed by atoms with van der Waals surface area (Å²) in [4.78, 5) is 31.1. The van der Waals surface area contributed by atoms with E-state index in [4.69, 9.17) is 0 Å². The van der Waals surface area contributed by atoms with Gasteiger partial charge in [-0.2, -0.15) is 0 Å². The van der Waals surface area contributed by atoms with Crippen molar-refractivity contribution >= 4 is 39.1 Å². The highest BCUT2D eigenvalue weighted by molar-refractivity contribution is 7.18. The van der Waals surface area contributed by atoms with E-state index in [-0.39, 0.29) is 17.7 Å². The van der Waals surface area contributed by atoms with Gasteiger partial charge in [-0.3, -0.25) is 9.59 Å². The molecule has 0 bridgehead atoms. The van der Waals surface area contributed by atoms with Crippen LogP contribution in [0.4, 0.5) is 5.69 Å². The number of piperidine rings is 1. The Kier molecular flexibility index (Phi) is 5.68. The predicted octanol–water partition coefficient (Wildman–Crippen LogP) is 3.84. The quantitative estimate of drug-likeness (QED) is 0.882. The van der Waals surface area contributed by atoms with Gasteiger partial charge in [0.15, 0.2) is 0 Å². The van der Waals surface area contributed by atoms with Crippen LogP contribution in [0.15, 0.2) is 18.2 Å². The molecule has 2 amide bonds. The largest absolute Gasteiger partial charge is 0.342 e. The zero-order chi connectivity index (χ0) is 17.8. The van der Waals surface area contributed by atoms with Gasteiger partial charge in [0.05, 0.1) is 21.1 Å². The summed E-state index contributed by atoms with van der Waals surface area (Å²) < 4.78 is 1.10. The van der Waals surface area contributed by atoms with Crippen molar-refractivity contribution in [1.82, 2.24) is 9.88 Å². The van der Waals surface area contributed by atoms with Crippen molar-refractivity contribution in [3.05, 3.63) is 23.2 Å². The molecule has 1 atom stereocenters. The molecule has 1 aromatic heterocycles. The van der Waals surface area contributed by atoms with E-state index < -0.39 is 0 Å². The van der Waals surface area contributed by atoms with Crippen molar-refractivity contribution in [3.8, 4) is 0 Å². The number of nitrogens with zero attached hydrogens (tertiary/aromatic N) is 2. The molecule has 0 spiro atoms. The number of hydrogen-bond acceptors (Lipinski definition) is 4. The zero-order valence-corrected chi connectivity index (χ0v) is 15.7. The maximum Gasteiger partial charge on any atom is 0.229 e. The topological polar surface area (TPSA) is 62.3 Å². The molecule has 0 saturated carbocycles. The van der Waals surface area contributed by atoms with Crippen molar-refractivity contribution in [3.63, 3.8) is 0 Å². The minimum absolute atomic E-state index is 0.00794. The number of nitrogens with one attached hydrogen (secondary N) is 1. The third kappa shape index (κ3) is 4.18. The SMILES string of the molecule is CCCC(=O)N1CCCC(C(=O)Nc2ccc3nc(CC)sc3c2)C1. The molecule has 1 N–H and O–H groups in total. The third-order valence-electron chi connectivity index (χ3n) is 4.61. The number of anilines is 1. The van der Waals surface area contributed by atoms with Gasteiger partial charge in [-0.25, -0.2) is 4.98 Å². The molecule has 2 heterocycles. The fourth-order valence-corrected chi connectivity index (χ4v) is 4.18. The number of carbonyl (C=O) groups excluding carboxylic acids is 2. The van der Waals surface area contributed by atoms with E-state index in [1.165, 1.54) is 0 Å². The highest BCUT2D eigenvalue weighted by Gasteiger charge is 2.28. The van der Waals surface area contributed by atoms with Crippen LogP contribution in [-0.2, 0) is 16.0 Å². The molecule has 0 aliphatic carbocycles. The van der Waals surface area contributed by atoms with Crippen LogP contribution in [0.2, 0.25) is 0 Å². The monoisotopic (exact) mass is 359 g/mol. The van der Waals surface area contributed by atoms with E-state index in [2.05, 4.69) is 17.2 Å². The van der Waals surface area contributed by atoms with Crippen LogP contribution in [-0.4, -0.2) is 34.8 Å². The van der Waals surface area contributed by atoms with E-state index in [1.54, 1.807) is 11.3 Å². The van der Waals surface area contributed by atoms with Gasteiger partial charge in [-0.15, -0.1) is 11.3 Å². The molecule has 1 unspecified atom stereocenters. The number of rotatable bonds is 5. The standard InChI is InChI=1S/C19H25N3O2S/c1-3-6-18(23)22-10-5-7-13(12-22)19(24)20-14-8-9-15-16(11-14)25-17(4-2)21-15/h8-9,11,13H,3-7,10,12H2,1-2H3,(H,20,24). The molecule has 1 aromatic carbocycles. The van der Waals surface area contributed by atoms with Crippen molar-refractivity contribution in [2.75, 3.05) is 18.4 Å². The first-order chi connectivity index (χ1) is 12.1. The smallest absolute Gasteiger partial charge is 0.229 e. The fraction of sp³-hybridized carbons (Fsp3) is 0.526. The maximum atomic E-state index is 12.6. The molecule has 1 aliphatic rings. The second-order valence-corrected chi connectivity index (χ2v) is 7.68. The van der Waals surface area contributed by atoms with Gasteiger partial charge in [0.1, 0.15) is 0 Å². The van der Waals surface area contributed by atoms with Crippen LogP contribution in [0.3, 0.4) is 0 Å².